The fourth-order valence-electron chi connectivity index (χ4n) is 10.5. The average molecular weight is 1000 g/mol. The van der Waals surface area contributed by atoms with Gasteiger partial charge in [0.1, 0.15) is 30.1 Å². The Kier molecular flexibility index (Phi) is 24.4. The molecule has 0 aromatic heterocycles. The fraction of sp³-hybridized carbons (Fsp3) is 0.759. The number of methoxy groups -OCH3 is 2. The molecule has 0 aromatic carbocycles. The average Bonchev–Trinajstić information content (AvgIpc) is 3.35. The molecule has 3 heterocycles. The lowest BCUT2D eigenvalue weighted by Crippen LogP contribution is -2.61. The lowest BCUT2D eigenvalue weighted by Gasteiger charge is -2.43. The zero-order chi connectivity index (χ0) is 52.6. The molecule has 0 spiro atoms. The maximum Gasteiger partial charge on any atom is 0.329 e. The van der Waals surface area contributed by atoms with E-state index >= 15 is 0 Å². The van der Waals surface area contributed by atoms with Gasteiger partial charge in [0.25, 0.3) is 11.7 Å². The van der Waals surface area contributed by atoms with Crippen LogP contribution in [0.1, 0.15) is 126 Å². The number of cyclic esters (lactones) is 1. The monoisotopic (exact) mass is 1000 g/mol. The number of nitrogens with zero attached hydrogens (tertiary/aromatic N) is 1. The number of esters is 1. The number of hydrogen-bond acceptors (Lipinski definition) is 16. The molecule has 0 aromatic rings. The van der Waals surface area contributed by atoms with Crippen LogP contribution in [0.2, 0.25) is 0 Å². The molecule has 4 aliphatic rings. The van der Waals surface area contributed by atoms with Crippen LogP contribution in [0.15, 0.2) is 47.6 Å². The molecule has 5 N–H and O–H groups in total. The molecule has 402 valence electrons. The molecule has 3 fully saturated rings. The van der Waals surface area contributed by atoms with Crippen LogP contribution in [0.5, 0.6) is 0 Å². The number of fused-ring (bicyclic) bond motifs is 3. The number of aliphatic hydroxyl groups is 4. The van der Waals surface area contributed by atoms with E-state index in [1.165, 1.54) is 12.0 Å². The Hall–Kier alpha value is -3.49. The standard InChI is InChI=1S/C54H86N2O15/c1-32-16-12-11-13-17-33(2)44(68-24-25-69-53(64)55-8)30-40-21-19-38(7)54(65,71-40)50(61)51(62)56-23-15-14-18-41(56)52(63)70-45(35(4)28-39-20-22-42(57)46(29-39)66-9)31-43(58)34(3)27-37(6)48(60)49(67-10)47(59)36(5)26-32/h11-13,16-17,27,32,34-36,38-42,44-46,48-49,53,55,57,60,64-65H,14-15,18-26,28-31H2,1-10H3/b13-11?,16-12+,33-17?,37-27+/t32-,34-,35-,36-,38-,39+,40+,41+,42-,44?,45+,46-,48-,49+,53?,54-/m1/s1. The number of hydrogen-bond donors (Lipinski definition) is 5. The number of ether oxygens (including phenoxy) is 6. The number of allylic oxidation sites excluding steroid dienone is 6. The van der Waals surface area contributed by atoms with Gasteiger partial charge >= 0.3 is 5.97 Å². The van der Waals surface area contributed by atoms with Gasteiger partial charge in [0.05, 0.1) is 37.6 Å². The predicted molar refractivity (Wildman–Crippen MR) is 265 cm³/mol. The second-order valence-corrected chi connectivity index (χ2v) is 20.7. The highest BCUT2D eigenvalue weighted by Gasteiger charge is 2.53. The summed E-state index contributed by atoms with van der Waals surface area (Å²) < 4.78 is 35.2. The van der Waals surface area contributed by atoms with Gasteiger partial charge in [0.15, 0.2) is 5.78 Å². The molecule has 2 unspecified atom stereocenters. The molecule has 2 saturated heterocycles. The summed E-state index contributed by atoms with van der Waals surface area (Å²) in [4.78, 5) is 72.4. The molecule has 16 atom stereocenters. The van der Waals surface area contributed by atoms with E-state index in [9.17, 15) is 44.4 Å². The third-order valence-electron chi connectivity index (χ3n) is 15.1. The Morgan fingerprint density at radius 2 is 1.62 bits per heavy atom. The van der Waals surface area contributed by atoms with Crippen molar-refractivity contribution in [3.05, 3.63) is 47.6 Å². The SMILES string of the molecule is CNC(O)OCCOC1C[C@@H]2CC[C@@H](C)[C@@](O)(O2)C(=O)C(=O)N2CCCC[C@H]2C(=O)O[C@H]([C@H](C)C[C@@H]2CC[C@@H](O)[C@H](OC)C2)CC(=O)[C@H](C)/C=C(\C)[C@@H](O)[C@@H](OC)C(=O)[C@H](C)C[C@H](C)/C=C/C=CC=C1C. The Bertz CT molecular complexity index is 1880. The van der Waals surface area contributed by atoms with Crippen LogP contribution in [-0.2, 0) is 52.4 Å². The van der Waals surface area contributed by atoms with Gasteiger partial charge in [-0.25, -0.2) is 4.79 Å². The van der Waals surface area contributed by atoms with E-state index in [2.05, 4.69) is 5.32 Å². The maximum absolute atomic E-state index is 14.5. The second kappa shape index (κ2) is 28.8. The summed E-state index contributed by atoms with van der Waals surface area (Å²) in [5.41, 5.74) is 1.16. The number of piperidine rings is 1. The van der Waals surface area contributed by atoms with Gasteiger partial charge < -0.3 is 53.7 Å². The summed E-state index contributed by atoms with van der Waals surface area (Å²) >= 11 is 0. The number of aliphatic hydroxyl groups excluding tert-OH is 3. The van der Waals surface area contributed by atoms with Crippen LogP contribution in [0.25, 0.3) is 0 Å². The van der Waals surface area contributed by atoms with Crippen LogP contribution >= 0.6 is 0 Å². The minimum atomic E-state index is -2.51. The van der Waals surface area contributed by atoms with Gasteiger partial charge in [0, 0.05) is 51.4 Å². The number of Topliss-reactive ketones (excluding diaryl/α,β-unsaturated/α-hetero) is 3. The normalized spacial score (nSPS) is 37.3. The first-order valence-electron chi connectivity index (χ1n) is 25.9. The molecular formula is C54H86N2O15. The smallest absolute Gasteiger partial charge is 0.329 e. The number of carbonyl (C=O) groups is 5. The minimum Gasteiger partial charge on any atom is -0.460 e. The van der Waals surface area contributed by atoms with Crippen molar-refractivity contribution in [2.24, 2.45) is 35.5 Å². The van der Waals surface area contributed by atoms with Crippen molar-refractivity contribution in [3.8, 4) is 0 Å². The van der Waals surface area contributed by atoms with Gasteiger partial charge in [-0.15, -0.1) is 0 Å². The molecule has 1 amide bonds. The molecular weight excluding hydrogens is 917 g/mol. The van der Waals surface area contributed by atoms with E-state index in [-0.39, 0.29) is 74.4 Å². The van der Waals surface area contributed by atoms with Crippen molar-refractivity contribution in [1.82, 2.24) is 10.2 Å². The van der Waals surface area contributed by atoms with Crippen molar-refractivity contribution in [3.63, 3.8) is 0 Å². The molecule has 3 aliphatic heterocycles. The first kappa shape index (κ1) is 60.1. The summed E-state index contributed by atoms with van der Waals surface area (Å²) in [6.45, 7) is 12.7. The van der Waals surface area contributed by atoms with E-state index in [1.807, 2.05) is 51.2 Å². The molecule has 0 radical (unpaired) electrons. The Morgan fingerprint density at radius 1 is 0.887 bits per heavy atom. The topological polar surface area (TPSA) is 237 Å². The highest BCUT2D eigenvalue weighted by Crippen LogP contribution is 2.38. The molecule has 4 rings (SSSR count). The fourth-order valence-corrected chi connectivity index (χ4v) is 10.5. The highest BCUT2D eigenvalue weighted by atomic mass is 16.6. The quantitative estimate of drug-likeness (QED) is 0.0598. The second-order valence-electron chi connectivity index (χ2n) is 20.7. The summed E-state index contributed by atoms with van der Waals surface area (Å²) in [6.07, 6.45) is 8.99. The molecule has 2 bridgehead atoms. The third kappa shape index (κ3) is 17.0. The predicted octanol–water partition coefficient (Wildman–Crippen LogP) is 5.06. The van der Waals surface area contributed by atoms with Gasteiger partial charge in [-0.3, -0.25) is 24.5 Å². The molecule has 1 aliphatic carbocycles. The van der Waals surface area contributed by atoms with Crippen LogP contribution < -0.4 is 5.32 Å². The number of amides is 1. The number of nitrogens with one attached hydrogen (secondary N) is 1. The van der Waals surface area contributed by atoms with E-state index < -0.39 is 90.3 Å². The number of rotatable bonds is 11. The molecule has 17 heteroatoms. The van der Waals surface area contributed by atoms with Crippen molar-refractivity contribution < 1.29 is 72.8 Å². The first-order valence-corrected chi connectivity index (χ1v) is 25.9. The van der Waals surface area contributed by atoms with E-state index in [0.29, 0.717) is 63.4 Å². The molecule has 1 saturated carbocycles. The van der Waals surface area contributed by atoms with Gasteiger partial charge in [-0.05, 0) is 114 Å². The molecule has 17 nitrogen and oxygen atoms in total. The van der Waals surface area contributed by atoms with Crippen LogP contribution in [0, 0.1) is 35.5 Å². The van der Waals surface area contributed by atoms with E-state index in [1.54, 1.807) is 47.9 Å². The summed E-state index contributed by atoms with van der Waals surface area (Å²) in [5, 5.41) is 46.5. The zero-order valence-electron chi connectivity index (χ0n) is 44.0. The summed E-state index contributed by atoms with van der Waals surface area (Å²) in [7, 11) is 4.47. The Labute approximate surface area is 421 Å². The maximum atomic E-state index is 14.5. The lowest BCUT2D eigenvalue weighted by molar-refractivity contribution is -0.266. The van der Waals surface area contributed by atoms with Crippen molar-refractivity contribution in [2.75, 3.05) is 41.0 Å². The summed E-state index contributed by atoms with van der Waals surface area (Å²) in [5.74, 6) is -8.38. The number of ketones is 3. The Balaban J connectivity index is 1.72. The van der Waals surface area contributed by atoms with Crippen LogP contribution in [0.4, 0.5) is 0 Å². The van der Waals surface area contributed by atoms with Gasteiger partial charge in [-0.1, -0.05) is 71.1 Å². The highest BCUT2D eigenvalue weighted by molar-refractivity contribution is 6.39. The largest absolute Gasteiger partial charge is 0.460 e. The first-order chi connectivity index (χ1) is 33.6. The van der Waals surface area contributed by atoms with Gasteiger partial charge in [0.2, 0.25) is 12.2 Å². The van der Waals surface area contributed by atoms with Crippen LogP contribution in [-0.4, -0.2) is 157 Å². The third-order valence-corrected chi connectivity index (χ3v) is 15.1. The lowest BCUT2D eigenvalue weighted by atomic mass is 9.78. The Morgan fingerprint density at radius 3 is 2.31 bits per heavy atom. The molecule has 71 heavy (non-hydrogen) atoms. The number of carbonyl (C=O) groups excluding carboxylic acids is 5. The summed E-state index contributed by atoms with van der Waals surface area (Å²) in [6, 6.07) is -1.18. The van der Waals surface area contributed by atoms with E-state index in [4.69, 9.17) is 28.4 Å². The van der Waals surface area contributed by atoms with Crippen molar-refractivity contribution in [1.29, 1.82) is 0 Å². The minimum absolute atomic E-state index is 0.0248. The van der Waals surface area contributed by atoms with Crippen molar-refractivity contribution >= 4 is 29.2 Å². The van der Waals surface area contributed by atoms with E-state index in [0.717, 1.165) is 5.57 Å². The van der Waals surface area contributed by atoms with Crippen molar-refractivity contribution in [2.45, 2.75) is 186 Å². The zero-order valence-corrected chi connectivity index (χ0v) is 44.0. The van der Waals surface area contributed by atoms with Crippen LogP contribution in [0.3, 0.4) is 0 Å². The van der Waals surface area contributed by atoms with Gasteiger partial charge in [-0.2, -0.15) is 0 Å².